The summed E-state index contributed by atoms with van der Waals surface area (Å²) in [6.45, 7) is 17.5. The third-order valence-corrected chi connectivity index (χ3v) is 18.1. The zero-order valence-corrected chi connectivity index (χ0v) is 41.4. The van der Waals surface area contributed by atoms with Crippen molar-refractivity contribution in [3.63, 3.8) is 0 Å². The van der Waals surface area contributed by atoms with E-state index in [4.69, 9.17) is 37.0 Å². The van der Waals surface area contributed by atoms with Crippen LogP contribution in [0.4, 0.5) is 8.78 Å². The molecule has 18 heteroatoms. The standard InChI is InChI=1S/2C19H29FNO5P.2W/c2*1-13(2)24-18(22)14(3)21-27(26-16-9-7-6-8-10-16)23-12-17-11-19(5,20)15(4)25-17;;/h2*6-10,13-15,17,21H,11-12H2,1-5H3;;/t14-,15+,17+,19-,27+;14-,15+,17+,19-,27-;;/m11../s1. The molecule has 316 valence electrons. The molecule has 2 aromatic rings. The van der Waals surface area contributed by atoms with Crippen LogP contribution in [0.3, 0.4) is 0 Å². The van der Waals surface area contributed by atoms with E-state index in [0.29, 0.717) is 11.5 Å². The zero-order valence-electron chi connectivity index (χ0n) is 33.8. The average Bonchev–Trinajstić information content (AvgIpc) is 3.52. The average molecular weight is 1170 g/mol. The van der Waals surface area contributed by atoms with Gasteiger partial charge in [0.15, 0.2) is 0 Å². The number of hydrogen-bond donors (Lipinski definition) is 2. The van der Waals surface area contributed by atoms with E-state index in [1.54, 1.807) is 69.2 Å². The summed E-state index contributed by atoms with van der Waals surface area (Å²) < 4.78 is 75.1. The van der Waals surface area contributed by atoms with Crippen LogP contribution in [0.5, 0.6) is 11.5 Å². The van der Waals surface area contributed by atoms with Crippen molar-refractivity contribution in [2.75, 3.05) is 13.2 Å². The maximum absolute atomic E-state index is 14.4. The van der Waals surface area contributed by atoms with Gasteiger partial charge in [0.05, 0.1) is 0 Å². The third-order valence-electron chi connectivity index (χ3n) is 8.65. The van der Waals surface area contributed by atoms with Crippen LogP contribution in [0.1, 0.15) is 82.1 Å². The van der Waals surface area contributed by atoms with Crippen LogP contribution in [0.25, 0.3) is 0 Å². The number of carbonyl (C=O) groups excluding carboxylic acids is 2. The van der Waals surface area contributed by atoms with E-state index in [1.165, 1.54) is 0 Å². The minimum absolute atomic E-state index is 0.187. The monoisotopic (exact) mass is 1170 g/mol. The fourth-order valence-electron chi connectivity index (χ4n) is 5.41. The number of carbonyl (C=O) groups is 2. The van der Waals surface area contributed by atoms with E-state index in [9.17, 15) is 18.4 Å². The second-order valence-electron chi connectivity index (χ2n) is 14.8. The molecule has 10 atom stereocenters. The number of alkyl halides is 2. The van der Waals surface area contributed by atoms with Gasteiger partial charge in [-0.2, -0.15) is 0 Å². The van der Waals surface area contributed by atoms with E-state index < -0.39 is 46.6 Å². The molecule has 0 aromatic heterocycles. The summed E-state index contributed by atoms with van der Waals surface area (Å²) in [7, 11) is 0. The molecule has 4 rings (SSSR count). The van der Waals surface area contributed by atoms with Crippen LogP contribution in [0, 0.1) is 0 Å². The summed E-state index contributed by atoms with van der Waals surface area (Å²) in [5.41, 5.74) is -8.01. The molecule has 2 aliphatic rings. The number of halogens is 2. The van der Waals surface area contributed by atoms with Crippen molar-refractivity contribution < 1.29 is 93.0 Å². The van der Waals surface area contributed by atoms with Gasteiger partial charge >= 0.3 is 354 Å². The Morgan fingerprint density at radius 1 is 0.696 bits per heavy atom. The molecule has 12 nitrogen and oxygen atoms in total. The first-order valence-electron chi connectivity index (χ1n) is 18.6. The normalized spacial score (nSPS) is 28.0. The van der Waals surface area contributed by atoms with Crippen molar-refractivity contribution in [1.82, 2.24) is 10.2 Å². The van der Waals surface area contributed by atoms with Crippen molar-refractivity contribution >= 4 is 22.9 Å². The van der Waals surface area contributed by atoms with Crippen LogP contribution < -0.4 is 19.2 Å². The Kier molecular flexibility index (Phi) is 19.2. The van der Waals surface area contributed by atoms with Crippen molar-refractivity contribution in [3.8, 4) is 11.5 Å². The van der Waals surface area contributed by atoms with Gasteiger partial charge in [-0.3, -0.25) is 0 Å². The Bertz CT molecular complexity index is 1530. The molecule has 56 heavy (non-hydrogen) atoms. The Balaban J connectivity index is 0.000000300. The van der Waals surface area contributed by atoms with Gasteiger partial charge < -0.3 is 0 Å². The summed E-state index contributed by atoms with van der Waals surface area (Å²) in [4.78, 5) is 24.5. The molecule has 2 aromatic carbocycles. The van der Waals surface area contributed by atoms with E-state index in [1.807, 2.05) is 60.7 Å². The van der Waals surface area contributed by atoms with Gasteiger partial charge in [-0.05, 0) is 0 Å². The summed E-state index contributed by atoms with van der Waals surface area (Å²) in [5.74, 6) is 0.531. The Hall–Kier alpha value is -1.16. The number of benzene rings is 2. The quantitative estimate of drug-likeness (QED) is 0.110. The zero-order chi connectivity index (χ0) is 41.9. The van der Waals surface area contributed by atoms with Crippen LogP contribution in [0.2, 0.25) is 0 Å². The van der Waals surface area contributed by atoms with Crippen LogP contribution in [-0.2, 0) is 75.2 Å². The fraction of sp³-hybridized carbons (Fsp3) is 0.632. The molecule has 2 fully saturated rings. The second kappa shape index (κ2) is 21.9. The number of ether oxygens (including phenoxy) is 4. The van der Waals surface area contributed by atoms with Crippen molar-refractivity contribution in [1.29, 1.82) is 0 Å². The first-order valence-corrected chi connectivity index (χ1v) is 29.6. The van der Waals surface area contributed by atoms with Crippen molar-refractivity contribution in [2.45, 2.75) is 142 Å². The molecule has 0 radical (unpaired) electrons. The summed E-state index contributed by atoms with van der Waals surface area (Å²) >= 11 is 2.04. The number of para-hydroxylation sites is 2. The van der Waals surface area contributed by atoms with Crippen molar-refractivity contribution in [3.05, 3.63) is 60.7 Å². The van der Waals surface area contributed by atoms with E-state index in [2.05, 4.69) is 10.2 Å². The Morgan fingerprint density at radius 2 is 1.02 bits per heavy atom. The SMILES string of the molecule is CC(C)OC(=O)[C@@H](C)N[P@@](=[W])(OC[C@@H]1C[C@@](C)(F)[C@H](C)O1)Oc1ccccc1.CC(C)OC(=O)[C@@H](C)N[P@](=[W])(OC[C@@H]1C[C@@](C)(F)[C@H](C)O1)Oc1ccccc1. The second-order valence-corrected chi connectivity index (χ2v) is 28.6. The predicted octanol–water partition coefficient (Wildman–Crippen LogP) is 8.28. The van der Waals surface area contributed by atoms with Gasteiger partial charge in [0.2, 0.25) is 0 Å². The van der Waals surface area contributed by atoms with E-state index in [0.717, 1.165) is 37.6 Å². The van der Waals surface area contributed by atoms with Gasteiger partial charge in [-0.1, -0.05) is 0 Å². The molecule has 0 aliphatic carbocycles. The molecule has 0 spiro atoms. The van der Waals surface area contributed by atoms with Crippen LogP contribution in [0.15, 0.2) is 60.7 Å². The number of nitrogens with one attached hydrogen (secondary N) is 2. The van der Waals surface area contributed by atoms with Gasteiger partial charge in [0, 0.05) is 0 Å². The minimum atomic E-state index is -2.63. The van der Waals surface area contributed by atoms with Gasteiger partial charge in [-0.25, -0.2) is 0 Å². The molecule has 2 aliphatic heterocycles. The molecule has 2 N–H and O–H groups in total. The van der Waals surface area contributed by atoms with Crippen LogP contribution in [-0.4, -0.2) is 85.2 Å². The topological polar surface area (TPSA) is 132 Å². The number of hydrogen-bond acceptors (Lipinski definition) is 12. The maximum atomic E-state index is 14.4. The first kappa shape index (κ1) is 49.2. The summed E-state index contributed by atoms with van der Waals surface area (Å²) in [6, 6.07) is 17.3. The third kappa shape index (κ3) is 16.5. The summed E-state index contributed by atoms with van der Waals surface area (Å²) in [6.07, 6.45) is -1.58. The van der Waals surface area contributed by atoms with Gasteiger partial charge in [-0.15, -0.1) is 0 Å². The molecular formula is C38H58F2N2O10P2W2. The number of esters is 2. The molecule has 0 unspecified atom stereocenters. The Morgan fingerprint density at radius 3 is 1.29 bits per heavy atom. The summed E-state index contributed by atoms with van der Waals surface area (Å²) in [5, 5.41) is 6.37. The molecule has 0 amide bonds. The Labute approximate surface area is 351 Å². The van der Waals surface area contributed by atoms with E-state index >= 15 is 0 Å². The van der Waals surface area contributed by atoms with Gasteiger partial charge in [0.1, 0.15) is 0 Å². The fourth-order valence-corrected chi connectivity index (χ4v) is 15.0. The molecule has 2 saturated heterocycles. The molecular weight excluding hydrogens is 1110 g/mol. The van der Waals surface area contributed by atoms with E-state index in [-0.39, 0.29) is 62.4 Å². The molecule has 0 saturated carbocycles. The van der Waals surface area contributed by atoms with Gasteiger partial charge in [0.25, 0.3) is 0 Å². The predicted molar refractivity (Wildman–Crippen MR) is 204 cm³/mol. The first-order chi connectivity index (χ1) is 26.0. The molecule has 0 bridgehead atoms. The van der Waals surface area contributed by atoms with Crippen molar-refractivity contribution in [2.24, 2.45) is 0 Å². The van der Waals surface area contributed by atoms with Crippen LogP contribution >= 0.6 is 11.0 Å². The molecule has 2 heterocycles. The number of rotatable bonds is 18.